The molecule has 1 aliphatic heterocycles. The molecule has 0 radical (unpaired) electrons. The van der Waals surface area contributed by atoms with Crippen molar-refractivity contribution in [3.05, 3.63) is 29.8 Å². The fraction of sp³-hybridized carbons (Fsp3) is 0.600. The average molecular weight is 248 g/mol. The van der Waals surface area contributed by atoms with Crippen LogP contribution in [0.4, 0.5) is 0 Å². The highest BCUT2D eigenvalue weighted by molar-refractivity contribution is 5.33. The van der Waals surface area contributed by atoms with Crippen molar-refractivity contribution < 1.29 is 4.74 Å². The Labute approximate surface area is 110 Å². The van der Waals surface area contributed by atoms with E-state index in [-0.39, 0.29) is 0 Å². The highest BCUT2D eigenvalue weighted by Gasteiger charge is 2.22. The predicted molar refractivity (Wildman–Crippen MR) is 74.9 cm³/mol. The first-order valence-corrected chi connectivity index (χ1v) is 6.82. The van der Waals surface area contributed by atoms with Crippen molar-refractivity contribution in [2.24, 2.45) is 5.73 Å². The van der Waals surface area contributed by atoms with Crippen molar-refractivity contribution in [1.29, 1.82) is 0 Å². The van der Waals surface area contributed by atoms with Crippen LogP contribution in [0.3, 0.4) is 0 Å². The van der Waals surface area contributed by atoms with Crippen LogP contribution in [0.2, 0.25) is 0 Å². The minimum absolute atomic E-state index is 0.391. The van der Waals surface area contributed by atoms with Gasteiger partial charge in [0.15, 0.2) is 0 Å². The highest BCUT2D eigenvalue weighted by Crippen LogP contribution is 2.20. The molecule has 1 aliphatic rings. The first kappa shape index (κ1) is 13.4. The Kier molecular flexibility index (Phi) is 4.61. The van der Waals surface area contributed by atoms with Gasteiger partial charge >= 0.3 is 0 Å². The molecule has 1 aromatic carbocycles. The van der Waals surface area contributed by atoms with Gasteiger partial charge in [-0.25, -0.2) is 0 Å². The molecule has 2 unspecified atom stereocenters. The van der Waals surface area contributed by atoms with Crippen molar-refractivity contribution >= 4 is 0 Å². The van der Waals surface area contributed by atoms with Gasteiger partial charge in [0.05, 0.1) is 7.11 Å². The summed E-state index contributed by atoms with van der Waals surface area (Å²) in [5.41, 5.74) is 7.29. The van der Waals surface area contributed by atoms with E-state index in [4.69, 9.17) is 10.5 Å². The van der Waals surface area contributed by atoms with Gasteiger partial charge in [0.25, 0.3) is 0 Å². The molecule has 0 saturated carbocycles. The molecule has 1 heterocycles. The second-order valence-electron chi connectivity index (χ2n) is 5.23. The monoisotopic (exact) mass is 248 g/mol. The summed E-state index contributed by atoms with van der Waals surface area (Å²) >= 11 is 0. The zero-order chi connectivity index (χ0) is 13.0. The van der Waals surface area contributed by atoms with Crippen molar-refractivity contribution in [2.45, 2.75) is 38.3 Å². The number of benzene rings is 1. The van der Waals surface area contributed by atoms with Crippen LogP contribution in [0.1, 0.15) is 25.3 Å². The molecule has 1 fully saturated rings. The number of hydrogen-bond donors (Lipinski definition) is 1. The van der Waals surface area contributed by atoms with Crippen molar-refractivity contribution in [2.75, 3.05) is 20.2 Å². The molecule has 100 valence electrons. The summed E-state index contributed by atoms with van der Waals surface area (Å²) < 4.78 is 5.39. The zero-order valence-corrected chi connectivity index (χ0v) is 11.4. The number of methoxy groups -OCH3 is 1. The molecule has 1 aromatic rings. The standard InChI is InChI=1S/C15H24N2O/c1-12-11-14(16)8-10-17(12)9-7-13-5-3-4-6-15(13)18-2/h3-6,12,14H,7-11,16H2,1-2H3. The van der Waals surface area contributed by atoms with Crippen LogP contribution in [0, 0.1) is 0 Å². The molecule has 0 aliphatic carbocycles. The summed E-state index contributed by atoms with van der Waals surface area (Å²) in [5.74, 6) is 0.999. The molecule has 0 spiro atoms. The van der Waals surface area contributed by atoms with Crippen LogP contribution in [0.25, 0.3) is 0 Å². The summed E-state index contributed by atoms with van der Waals surface area (Å²) in [6.45, 7) is 4.49. The summed E-state index contributed by atoms with van der Waals surface area (Å²) in [4.78, 5) is 2.54. The van der Waals surface area contributed by atoms with Gasteiger partial charge in [-0.2, -0.15) is 0 Å². The van der Waals surface area contributed by atoms with Gasteiger partial charge in [-0.15, -0.1) is 0 Å². The number of likely N-dealkylation sites (tertiary alicyclic amines) is 1. The van der Waals surface area contributed by atoms with E-state index in [0.29, 0.717) is 12.1 Å². The van der Waals surface area contributed by atoms with Crippen molar-refractivity contribution in [1.82, 2.24) is 4.90 Å². The molecule has 2 rings (SSSR count). The second-order valence-corrected chi connectivity index (χ2v) is 5.23. The van der Waals surface area contributed by atoms with Gasteiger partial charge in [-0.05, 0) is 44.4 Å². The van der Waals surface area contributed by atoms with Gasteiger partial charge in [0.2, 0.25) is 0 Å². The lowest BCUT2D eigenvalue weighted by atomic mass is 9.98. The normalized spacial score (nSPS) is 25.1. The van der Waals surface area contributed by atoms with E-state index in [1.54, 1.807) is 7.11 Å². The average Bonchev–Trinajstić information content (AvgIpc) is 2.38. The lowest BCUT2D eigenvalue weighted by Crippen LogP contribution is -2.46. The predicted octanol–water partition coefficient (Wildman–Crippen LogP) is 2.05. The molecule has 18 heavy (non-hydrogen) atoms. The summed E-state index contributed by atoms with van der Waals surface area (Å²) in [6.07, 6.45) is 3.28. The number of hydrogen-bond acceptors (Lipinski definition) is 3. The molecular weight excluding hydrogens is 224 g/mol. The van der Waals surface area contributed by atoms with Crippen LogP contribution in [0.5, 0.6) is 5.75 Å². The van der Waals surface area contributed by atoms with Gasteiger partial charge in [0, 0.05) is 18.6 Å². The van der Waals surface area contributed by atoms with Gasteiger partial charge in [0.1, 0.15) is 5.75 Å². The van der Waals surface area contributed by atoms with E-state index in [1.165, 1.54) is 5.56 Å². The van der Waals surface area contributed by atoms with Crippen LogP contribution < -0.4 is 10.5 Å². The molecule has 2 N–H and O–H groups in total. The molecule has 0 aromatic heterocycles. The minimum Gasteiger partial charge on any atom is -0.496 e. The minimum atomic E-state index is 0.391. The van der Waals surface area contributed by atoms with Gasteiger partial charge in [-0.1, -0.05) is 18.2 Å². The Morgan fingerprint density at radius 2 is 2.17 bits per heavy atom. The van der Waals surface area contributed by atoms with Crippen molar-refractivity contribution in [3.8, 4) is 5.75 Å². The van der Waals surface area contributed by atoms with Crippen LogP contribution in [-0.2, 0) is 6.42 Å². The topological polar surface area (TPSA) is 38.5 Å². The smallest absolute Gasteiger partial charge is 0.122 e. The lowest BCUT2D eigenvalue weighted by Gasteiger charge is -2.36. The maximum absolute atomic E-state index is 5.99. The third-order valence-corrected chi connectivity index (χ3v) is 3.92. The van der Waals surface area contributed by atoms with Crippen molar-refractivity contribution in [3.63, 3.8) is 0 Å². The first-order chi connectivity index (χ1) is 8.70. The molecule has 3 heteroatoms. The van der Waals surface area contributed by atoms with E-state index in [0.717, 1.165) is 38.1 Å². The Hall–Kier alpha value is -1.06. The van der Waals surface area contributed by atoms with Crippen LogP contribution in [-0.4, -0.2) is 37.2 Å². The third kappa shape index (κ3) is 3.24. The van der Waals surface area contributed by atoms with Gasteiger partial charge < -0.3 is 15.4 Å². The Bertz CT molecular complexity index is 381. The molecule has 1 saturated heterocycles. The highest BCUT2D eigenvalue weighted by atomic mass is 16.5. The lowest BCUT2D eigenvalue weighted by molar-refractivity contribution is 0.149. The zero-order valence-electron chi connectivity index (χ0n) is 11.4. The van der Waals surface area contributed by atoms with E-state index in [1.807, 2.05) is 12.1 Å². The SMILES string of the molecule is COc1ccccc1CCN1CCC(N)CC1C. The second kappa shape index (κ2) is 6.21. The van der Waals surface area contributed by atoms with E-state index < -0.39 is 0 Å². The summed E-state index contributed by atoms with van der Waals surface area (Å²) in [5, 5.41) is 0. The number of ether oxygens (including phenoxy) is 1. The summed E-state index contributed by atoms with van der Waals surface area (Å²) in [7, 11) is 1.74. The van der Waals surface area contributed by atoms with E-state index >= 15 is 0 Å². The number of piperidine rings is 1. The van der Waals surface area contributed by atoms with Gasteiger partial charge in [-0.3, -0.25) is 0 Å². The van der Waals surface area contributed by atoms with Crippen LogP contribution >= 0.6 is 0 Å². The maximum Gasteiger partial charge on any atom is 0.122 e. The quantitative estimate of drug-likeness (QED) is 0.886. The molecule has 3 nitrogen and oxygen atoms in total. The number of para-hydroxylation sites is 1. The largest absolute Gasteiger partial charge is 0.496 e. The van der Waals surface area contributed by atoms with E-state index in [2.05, 4.69) is 24.0 Å². The first-order valence-electron chi connectivity index (χ1n) is 6.82. The van der Waals surface area contributed by atoms with Crippen LogP contribution in [0.15, 0.2) is 24.3 Å². The molecule has 2 atom stereocenters. The molecular formula is C15H24N2O. The molecule has 0 amide bonds. The fourth-order valence-electron chi connectivity index (χ4n) is 2.76. The third-order valence-electron chi connectivity index (χ3n) is 3.92. The number of nitrogens with two attached hydrogens (primary N) is 1. The molecule has 0 bridgehead atoms. The number of rotatable bonds is 4. The number of nitrogens with zero attached hydrogens (tertiary/aromatic N) is 1. The Balaban J connectivity index is 1.91. The Morgan fingerprint density at radius 3 is 2.89 bits per heavy atom. The Morgan fingerprint density at radius 1 is 1.39 bits per heavy atom. The fourth-order valence-corrected chi connectivity index (χ4v) is 2.76. The van der Waals surface area contributed by atoms with E-state index in [9.17, 15) is 0 Å². The summed E-state index contributed by atoms with van der Waals surface area (Å²) in [6, 6.07) is 9.27. The maximum atomic E-state index is 5.99.